The molecule has 3 aromatic rings. The van der Waals surface area contributed by atoms with Gasteiger partial charge in [-0.2, -0.15) is 14.0 Å². The number of rotatable bonds is 9. The lowest BCUT2D eigenvalue weighted by Gasteiger charge is -2.12. The van der Waals surface area contributed by atoms with Crippen molar-refractivity contribution in [1.29, 1.82) is 5.26 Å². The average Bonchev–Trinajstić information content (AvgIpc) is 3.59. The Morgan fingerprint density at radius 1 is 1.21 bits per heavy atom. The summed E-state index contributed by atoms with van der Waals surface area (Å²) in [5.41, 5.74) is 4.06. The highest BCUT2D eigenvalue weighted by Gasteiger charge is 2.26. The maximum atomic E-state index is 12.6. The van der Waals surface area contributed by atoms with Crippen molar-refractivity contribution in [2.75, 3.05) is 19.0 Å². The maximum absolute atomic E-state index is 12.6. The molecule has 1 saturated carbocycles. The summed E-state index contributed by atoms with van der Waals surface area (Å²) in [4.78, 5) is 9.49. The first kappa shape index (κ1) is 25.0. The molecule has 1 aromatic heterocycles. The van der Waals surface area contributed by atoms with Crippen LogP contribution in [0.1, 0.15) is 32.3 Å². The fourth-order valence-corrected chi connectivity index (χ4v) is 3.69. The Morgan fingerprint density at radius 2 is 1.91 bits per heavy atom. The number of hydrogen-bond donors (Lipinski definition) is 1. The van der Waals surface area contributed by atoms with Gasteiger partial charge in [0.05, 0.1) is 23.4 Å². The summed E-state index contributed by atoms with van der Waals surface area (Å²) in [6.07, 6.45) is 2.29. The molecule has 0 unspecified atom stereocenters. The molecule has 1 N–H and O–H groups in total. The van der Waals surface area contributed by atoms with Crippen molar-refractivity contribution in [2.45, 2.75) is 39.8 Å². The van der Waals surface area contributed by atoms with E-state index in [4.69, 9.17) is 0 Å². The van der Waals surface area contributed by atoms with E-state index >= 15 is 0 Å². The van der Waals surface area contributed by atoms with E-state index in [-0.39, 0.29) is 5.75 Å². The van der Waals surface area contributed by atoms with Gasteiger partial charge >= 0.3 is 6.61 Å². The highest BCUT2D eigenvalue weighted by atomic mass is 19.3. The molecule has 0 aliphatic heterocycles. The van der Waals surface area contributed by atoms with Gasteiger partial charge in [0, 0.05) is 30.7 Å². The van der Waals surface area contributed by atoms with Crippen LogP contribution >= 0.6 is 0 Å². The Kier molecular flexibility index (Phi) is 8.47. The number of ether oxygens (including phenoxy) is 2. The second-order valence-electron chi connectivity index (χ2n) is 8.60. The number of hydrogen-bond acceptors (Lipinski definition) is 5. The number of alkyl halides is 2. The third-order valence-corrected chi connectivity index (χ3v) is 5.46. The van der Waals surface area contributed by atoms with E-state index in [9.17, 15) is 18.8 Å². The Bertz CT molecular complexity index is 1150. The molecule has 0 atom stereocenters. The highest BCUT2D eigenvalue weighted by Crippen LogP contribution is 2.39. The van der Waals surface area contributed by atoms with Crippen LogP contribution in [0.15, 0.2) is 42.5 Å². The molecule has 1 fully saturated rings. The predicted molar refractivity (Wildman–Crippen MR) is 128 cm³/mol. The summed E-state index contributed by atoms with van der Waals surface area (Å²) in [5, 5.41) is 13.7. The lowest BCUT2D eigenvalue weighted by molar-refractivity contribution is -0.129. The van der Waals surface area contributed by atoms with Crippen molar-refractivity contribution in [1.82, 2.24) is 4.57 Å². The van der Waals surface area contributed by atoms with Gasteiger partial charge in [-0.1, -0.05) is 26.0 Å². The van der Waals surface area contributed by atoms with Gasteiger partial charge < -0.3 is 19.4 Å². The van der Waals surface area contributed by atoms with Gasteiger partial charge in [0.15, 0.2) is 0 Å². The smallest absolute Gasteiger partial charge is 0.387 e. The summed E-state index contributed by atoms with van der Waals surface area (Å²) >= 11 is 0. The van der Waals surface area contributed by atoms with Gasteiger partial charge in [-0.05, 0) is 54.5 Å². The molecular formula is C26H29F2N3O3. The number of halogens is 2. The topological polar surface area (TPSA) is 76.3 Å². The van der Waals surface area contributed by atoms with Gasteiger partial charge in [-0.3, -0.25) is 4.79 Å². The zero-order valence-corrected chi connectivity index (χ0v) is 19.6. The Balaban J connectivity index is 0.000000406. The zero-order valence-electron chi connectivity index (χ0n) is 19.6. The summed E-state index contributed by atoms with van der Waals surface area (Å²) in [5.74, 6) is 1.11. The lowest BCUT2D eigenvalue weighted by Crippen LogP contribution is -2.04. The van der Waals surface area contributed by atoms with Gasteiger partial charge in [-0.25, -0.2) is 0 Å². The standard InChI is InChI=1S/C21H19F2N3O.C5H10O2/c1-25-15-6-4-14(5-7-15)20-18(11-24)17-9-8-16(27-21(22)23)10-19(17)26(20)12-13-2-3-13;1-5(2)3-7-4-6/h4-10,13,21,25H,2-3,12H2,1H3;4-5H,3H2,1-2H3. The zero-order chi connectivity index (χ0) is 24.7. The number of carbonyl (C=O) groups is 1. The molecule has 2 aromatic carbocycles. The van der Waals surface area contributed by atoms with Crippen molar-refractivity contribution >= 4 is 23.1 Å². The molecule has 0 spiro atoms. The predicted octanol–water partition coefficient (Wildman–Crippen LogP) is 6.05. The van der Waals surface area contributed by atoms with Crippen LogP contribution in [0.25, 0.3) is 22.2 Å². The second kappa shape index (κ2) is 11.5. The number of anilines is 1. The molecule has 4 rings (SSSR count). The molecule has 180 valence electrons. The fourth-order valence-electron chi connectivity index (χ4n) is 3.69. The molecule has 0 bridgehead atoms. The summed E-state index contributed by atoms with van der Waals surface area (Å²) in [7, 11) is 1.85. The maximum Gasteiger partial charge on any atom is 0.387 e. The molecule has 1 heterocycles. The summed E-state index contributed by atoms with van der Waals surface area (Å²) in [6.45, 7) is 2.87. The van der Waals surface area contributed by atoms with Gasteiger partial charge in [0.25, 0.3) is 6.47 Å². The monoisotopic (exact) mass is 469 g/mol. The normalized spacial score (nSPS) is 12.8. The molecule has 34 heavy (non-hydrogen) atoms. The minimum Gasteiger partial charge on any atom is -0.468 e. The lowest BCUT2D eigenvalue weighted by atomic mass is 10.1. The number of nitrogens with zero attached hydrogens (tertiary/aromatic N) is 2. The third kappa shape index (κ3) is 6.25. The number of carbonyl (C=O) groups excluding carboxylic acids is 1. The van der Waals surface area contributed by atoms with Crippen molar-refractivity contribution in [3.05, 3.63) is 48.0 Å². The van der Waals surface area contributed by atoms with E-state index in [2.05, 4.69) is 25.4 Å². The average molecular weight is 470 g/mol. The molecule has 1 aliphatic rings. The van der Waals surface area contributed by atoms with E-state index in [1.807, 2.05) is 45.2 Å². The van der Waals surface area contributed by atoms with Crippen molar-refractivity contribution < 1.29 is 23.0 Å². The number of benzene rings is 2. The quantitative estimate of drug-likeness (QED) is 0.386. The molecular weight excluding hydrogens is 440 g/mol. The Labute approximate surface area is 198 Å². The number of nitrogens with one attached hydrogen (secondary N) is 1. The van der Waals surface area contributed by atoms with E-state index in [0.29, 0.717) is 30.5 Å². The third-order valence-electron chi connectivity index (χ3n) is 5.46. The van der Waals surface area contributed by atoms with Crippen LogP contribution in [-0.2, 0) is 16.1 Å². The molecule has 0 saturated heterocycles. The van der Waals surface area contributed by atoms with Crippen LogP contribution < -0.4 is 10.1 Å². The molecule has 0 amide bonds. The van der Waals surface area contributed by atoms with Crippen molar-refractivity contribution in [3.8, 4) is 23.1 Å². The molecule has 6 nitrogen and oxygen atoms in total. The first-order chi connectivity index (χ1) is 16.4. The van der Waals surface area contributed by atoms with Crippen molar-refractivity contribution in [3.63, 3.8) is 0 Å². The molecule has 1 aliphatic carbocycles. The molecule has 0 radical (unpaired) electrons. The summed E-state index contributed by atoms with van der Waals surface area (Å²) in [6, 6.07) is 15.0. The minimum atomic E-state index is -2.88. The SMILES string of the molecule is CC(C)COC=O.CNc1ccc(-c2c(C#N)c3ccc(OC(F)F)cc3n2CC2CC2)cc1. The van der Waals surface area contributed by atoms with Crippen molar-refractivity contribution in [2.24, 2.45) is 11.8 Å². The van der Waals surface area contributed by atoms with Crippen LogP contribution in [0.2, 0.25) is 0 Å². The Hall–Kier alpha value is -3.60. The highest BCUT2D eigenvalue weighted by molar-refractivity contribution is 5.95. The summed E-state index contributed by atoms with van der Waals surface area (Å²) < 4.78 is 36.4. The van der Waals surface area contributed by atoms with Crippen LogP contribution in [0.3, 0.4) is 0 Å². The first-order valence-electron chi connectivity index (χ1n) is 11.2. The van der Waals surface area contributed by atoms with Crippen LogP contribution in [-0.4, -0.2) is 31.3 Å². The van der Waals surface area contributed by atoms with Crippen LogP contribution in [0, 0.1) is 23.2 Å². The first-order valence-corrected chi connectivity index (χ1v) is 11.2. The van der Waals surface area contributed by atoms with Gasteiger partial charge in [0.1, 0.15) is 11.8 Å². The Morgan fingerprint density at radius 3 is 2.41 bits per heavy atom. The van der Waals surface area contributed by atoms with Crippen LogP contribution in [0.4, 0.5) is 14.5 Å². The number of fused-ring (bicyclic) bond motifs is 1. The minimum absolute atomic E-state index is 0.105. The van der Waals surface area contributed by atoms with Crippen LogP contribution in [0.5, 0.6) is 5.75 Å². The van der Waals surface area contributed by atoms with E-state index < -0.39 is 6.61 Å². The van der Waals surface area contributed by atoms with Gasteiger partial charge in [0.2, 0.25) is 0 Å². The fraction of sp³-hybridized carbons (Fsp3) is 0.385. The van der Waals surface area contributed by atoms with E-state index in [1.165, 1.54) is 6.07 Å². The van der Waals surface area contributed by atoms with E-state index in [1.54, 1.807) is 12.1 Å². The second-order valence-corrected chi connectivity index (χ2v) is 8.60. The van der Waals surface area contributed by atoms with E-state index in [0.717, 1.165) is 47.2 Å². The molecule has 8 heteroatoms. The largest absolute Gasteiger partial charge is 0.468 e. The van der Waals surface area contributed by atoms with Gasteiger partial charge in [-0.15, -0.1) is 0 Å². The number of aromatic nitrogens is 1. The number of nitriles is 1.